The lowest BCUT2D eigenvalue weighted by molar-refractivity contribution is 0.0746. The van der Waals surface area contributed by atoms with Crippen LogP contribution in [-0.2, 0) is 10.0 Å². The number of piperazine rings is 1. The molecule has 1 aliphatic heterocycles. The van der Waals surface area contributed by atoms with Gasteiger partial charge in [0.05, 0.1) is 17.7 Å². The summed E-state index contributed by atoms with van der Waals surface area (Å²) in [6, 6.07) is 12.8. The van der Waals surface area contributed by atoms with Crippen LogP contribution in [0.2, 0.25) is 0 Å². The molecule has 2 aromatic carbocycles. The molecule has 0 unspecified atom stereocenters. The van der Waals surface area contributed by atoms with Crippen LogP contribution in [0, 0.1) is 6.92 Å². The Morgan fingerprint density at radius 1 is 1.03 bits per heavy atom. The Kier molecular flexibility index (Phi) is 7.23. The van der Waals surface area contributed by atoms with Crippen LogP contribution < -0.4 is 9.64 Å². The van der Waals surface area contributed by atoms with Crippen molar-refractivity contribution in [3.05, 3.63) is 53.6 Å². The van der Waals surface area contributed by atoms with Gasteiger partial charge in [0.1, 0.15) is 5.75 Å². The number of para-hydroxylation sites is 2. The average Bonchev–Trinajstić information content (AvgIpc) is 2.79. The lowest BCUT2D eigenvalue weighted by atomic mass is 10.1. The number of rotatable bonds is 7. The summed E-state index contributed by atoms with van der Waals surface area (Å²) in [4.78, 5) is 17.3. The molecule has 1 heterocycles. The van der Waals surface area contributed by atoms with Gasteiger partial charge in [0.2, 0.25) is 10.0 Å². The van der Waals surface area contributed by atoms with Crippen molar-refractivity contribution >= 4 is 21.6 Å². The van der Waals surface area contributed by atoms with Crippen LogP contribution in [-0.4, -0.2) is 69.9 Å². The molecule has 8 heteroatoms. The first-order valence-corrected chi connectivity index (χ1v) is 12.1. The fourth-order valence-corrected chi connectivity index (χ4v) is 5.65. The molecule has 1 saturated heterocycles. The SMILES string of the molecule is CCN(CC)S(=O)(=O)c1cc(C(=O)N2CCN(c3ccccc3OC)CC2)ccc1C. The highest BCUT2D eigenvalue weighted by Gasteiger charge is 2.27. The molecule has 0 N–H and O–H groups in total. The van der Waals surface area contributed by atoms with Crippen LogP contribution >= 0.6 is 0 Å². The first-order valence-electron chi connectivity index (χ1n) is 10.6. The minimum absolute atomic E-state index is 0.143. The second kappa shape index (κ2) is 9.70. The highest BCUT2D eigenvalue weighted by molar-refractivity contribution is 7.89. The summed E-state index contributed by atoms with van der Waals surface area (Å²) in [6.45, 7) is 8.65. The first kappa shape index (κ1) is 23.1. The number of methoxy groups -OCH3 is 1. The van der Waals surface area contributed by atoms with Crippen LogP contribution in [0.1, 0.15) is 29.8 Å². The maximum atomic E-state index is 13.1. The maximum Gasteiger partial charge on any atom is 0.254 e. The van der Waals surface area contributed by atoms with E-state index in [9.17, 15) is 13.2 Å². The van der Waals surface area contributed by atoms with E-state index in [0.717, 1.165) is 11.4 Å². The van der Waals surface area contributed by atoms with E-state index < -0.39 is 10.0 Å². The zero-order valence-corrected chi connectivity index (χ0v) is 19.5. The van der Waals surface area contributed by atoms with E-state index in [4.69, 9.17) is 4.74 Å². The van der Waals surface area contributed by atoms with Crippen LogP contribution in [0.3, 0.4) is 0 Å². The Balaban J connectivity index is 1.77. The predicted molar refractivity (Wildman–Crippen MR) is 122 cm³/mol. The molecule has 0 aliphatic carbocycles. The third kappa shape index (κ3) is 4.70. The molecule has 168 valence electrons. The number of carbonyl (C=O) groups excluding carboxylic acids is 1. The van der Waals surface area contributed by atoms with Crippen molar-refractivity contribution in [1.82, 2.24) is 9.21 Å². The van der Waals surface area contributed by atoms with Gasteiger partial charge in [-0.15, -0.1) is 0 Å². The van der Waals surface area contributed by atoms with E-state index in [1.807, 2.05) is 38.1 Å². The molecule has 0 aromatic heterocycles. The van der Waals surface area contributed by atoms with Gasteiger partial charge in [-0.1, -0.05) is 32.0 Å². The van der Waals surface area contributed by atoms with Gasteiger partial charge in [0.25, 0.3) is 5.91 Å². The molecule has 2 aromatic rings. The van der Waals surface area contributed by atoms with Crippen molar-refractivity contribution in [3.8, 4) is 5.75 Å². The third-order valence-corrected chi connectivity index (χ3v) is 7.94. The van der Waals surface area contributed by atoms with Crippen molar-refractivity contribution in [1.29, 1.82) is 0 Å². The molecule has 0 radical (unpaired) electrons. The van der Waals surface area contributed by atoms with E-state index in [2.05, 4.69) is 4.90 Å². The summed E-state index contributed by atoms with van der Waals surface area (Å²) in [5.74, 6) is 0.669. The molecule has 1 aliphatic rings. The second-order valence-electron chi connectivity index (χ2n) is 7.52. The quantitative estimate of drug-likeness (QED) is 0.655. The zero-order valence-electron chi connectivity index (χ0n) is 18.7. The lowest BCUT2D eigenvalue weighted by Gasteiger charge is -2.36. The van der Waals surface area contributed by atoms with Crippen molar-refractivity contribution in [2.75, 3.05) is 51.3 Å². The summed E-state index contributed by atoms with van der Waals surface area (Å²) in [7, 11) is -1.98. The summed E-state index contributed by atoms with van der Waals surface area (Å²) in [6.07, 6.45) is 0. The number of anilines is 1. The number of sulfonamides is 1. The molecule has 3 rings (SSSR count). The van der Waals surface area contributed by atoms with E-state index >= 15 is 0 Å². The van der Waals surface area contributed by atoms with Crippen molar-refractivity contribution < 1.29 is 17.9 Å². The van der Waals surface area contributed by atoms with Crippen molar-refractivity contribution in [2.24, 2.45) is 0 Å². The van der Waals surface area contributed by atoms with E-state index in [0.29, 0.717) is 50.4 Å². The number of hydrogen-bond acceptors (Lipinski definition) is 5. The summed E-state index contributed by atoms with van der Waals surface area (Å²) in [5.41, 5.74) is 2.06. The zero-order chi connectivity index (χ0) is 22.6. The average molecular weight is 446 g/mol. The normalized spacial score (nSPS) is 14.7. The summed E-state index contributed by atoms with van der Waals surface area (Å²) in [5, 5.41) is 0. The predicted octanol–water partition coefficient (Wildman–Crippen LogP) is 3.00. The number of ether oxygens (including phenoxy) is 1. The van der Waals surface area contributed by atoms with Gasteiger partial charge in [-0.25, -0.2) is 8.42 Å². The van der Waals surface area contributed by atoms with E-state index in [1.165, 1.54) is 10.4 Å². The van der Waals surface area contributed by atoms with Gasteiger partial charge < -0.3 is 14.5 Å². The van der Waals surface area contributed by atoms with Crippen LogP contribution in [0.5, 0.6) is 5.75 Å². The Labute approximate surface area is 185 Å². The molecule has 0 bridgehead atoms. The fraction of sp³-hybridized carbons (Fsp3) is 0.435. The third-order valence-electron chi connectivity index (χ3n) is 5.75. The highest BCUT2D eigenvalue weighted by Crippen LogP contribution is 2.29. The molecule has 0 saturated carbocycles. The summed E-state index contributed by atoms with van der Waals surface area (Å²) < 4.78 is 32.9. The molecule has 31 heavy (non-hydrogen) atoms. The largest absolute Gasteiger partial charge is 0.495 e. The van der Waals surface area contributed by atoms with Gasteiger partial charge in [-0.05, 0) is 36.8 Å². The smallest absolute Gasteiger partial charge is 0.254 e. The molecule has 0 atom stereocenters. The van der Waals surface area contributed by atoms with Crippen molar-refractivity contribution in [3.63, 3.8) is 0 Å². The number of nitrogens with zero attached hydrogens (tertiary/aromatic N) is 3. The number of hydrogen-bond donors (Lipinski definition) is 0. The van der Waals surface area contributed by atoms with Gasteiger partial charge in [-0.2, -0.15) is 4.31 Å². The topological polar surface area (TPSA) is 70.2 Å². The van der Waals surface area contributed by atoms with Gasteiger partial charge in [-0.3, -0.25) is 4.79 Å². The Morgan fingerprint density at radius 3 is 2.29 bits per heavy atom. The van der Waals surface area contributed by atoms with Crippen molar-refractivity contribution in [2.45, 2.75) is 25.7 Å². The standard InChI is InChI=1S/C23H31N3O4S/c1-5-26(6-2)31(28,29)22-17-19(12-11-18(22)3)23(27)25-15-13-24(14-16-25)20-9-7-8-10-21(20)30-4/h7-12,17H,5-6,13-16H2,1-4H3. The number of aryl methyl sites for hydroxylation is 1. The van der Waals surface area contributed by atoms with Crippen LogP contribution in [0.4, 0.5) is 5.69 Å². The number of amides is 1. The van der Waals surface area contributed by atoms with Gasteiger partial charge >= 0.3 is 0 Å². The van der Waals surface area contributed by atoms with E-state index in [-0.39, 0.29) is 10.8 Å². The van der Waals surface area contributed by atoms with Crippen LogP contribution in [0.25, 0.3) is 0 Å². The Morgan fingerprint density at radius 2 is 1.68 bits per heavy atom. The molecule has 1 fully saturated rings. The molecular weight excluding hydrogens is 414 g/mol. The number of benzene rings is 2. The van der Waals surface area contributed by atoms with Gasteiger partial charge in [0.15, 0.2) is 0 Å². The van der Waals surface area contributed by atoms with Crippen LogP contribution in [0.15, 0.2) is 47.4 Å². The first-order chi connectivity index (χ1) is 14.8. The fourth-order valence-electron chi connectivity index (χ4n) is 3.94. The minimum Gasteiger partial charge on any atom is -0.495 e. The Bertz CT molecular complexity index is 1030. The molecular formula is C23H31N3O4S. The molecule has 0 spiro atoms. The number of carbonyl (C=O) groups is 1. The van der Waals surface area contributed by atoms with E-state index in [1.54, 1.807) is 31.1 Å². The monoisotopic (exact) mass is 445 g/mol. The second-order valence-corrected chi connectivity index (χ2v) is 9.43. The van der Waals surface area contributed by atoms with Gasteiger partial charge in [0, 0.05) is 44.8 Å². The maximum absolute atomic E-state index is 13.1. The Hall–Kier alpha value is -2.58. The lowest BCUT2D eigenvalue weighted by Crippen LogP contribution is -2.49. The highest BCUT2D eigenvalue weighted by atomic mass is 32.2. The molecule has 1 amide bonds. The summed E-state index contributed by atoms with van der Waals surface area (Å²) >= 11 is 0. The molecule has 7 nitrogen and oxygen atoms in total. The minimum atomic E-state index is -3.63.